The summed E-state index contributed by atoms with van der Waals surface area (Å²) in [4.78, 5) is 30.3. The number of carbonyl (C=O) groups is 2. The van der Waals surface area contributed by atoms with Crippen LogP contribution in [0.2, 0.25) is 0 Å². The van der Waals surface area contributed by atoms with Crippen LogP contribution in [-0.4, -0.2) is 50.6 Å². The third-order valence-corrected chi connectivity index (χ3v) is 7.59. The highest BCUT2D eigenvalue weighted by molar-refractivity contribution is 7.10. The fraction of sp³-hybridized carbons (Fsp3) is 0.333. The van der Waals surface area contributed by atoms with Crippen molar-refractivity contribution < 1.29 is 19.1 Å². The Morgan fingerprint density at radius 3 is 2.49 bits per heavy atom. The predicted molar refractivity (Wildman–Crippen MR) is 138 cm³/mol. The number of hydrogen-bond donors (Lipinski definition) is 1. The number of benzene rings is 2. The Hall–Kier alpha value is -3.36. The molecule has 2 aliphatic heterocycles. The third-order valence-electron chi connectivity index (χ3n) is 6.67. The summed E-state index contributed by atoms with van der Waals surface area (Å²) in [6, 6.07) is 15.7. The van der Waals surface area contributed by atoms with E-state index in [9.17, 15) is 9.59 Å². The monoisotopic (exact) mass is 491 g/mol. The second kappa shape index (κ2) is 10.1. The molecule has 1 atom stereocenters. The molecule has 1 saturated heterocycles. The Morgan fingerprint density at radius 1 is 1.06 bits per heavy atom. The molecule has 2 aliphatic rings. The Kier molecular flexibility index (Phi) is 6.74. The van der Waals surface area contributed by atoms with Crippen LogP contribution in [0, 0.1) is 0 Å². The number of amides is 2. The minimum absolute atomic E-state index is 0.0344. The molecule has 3 heterocycles. The topological polar surface area (TPSA) is 71.1 Å². The SMILES string of the molecule is COc1cc2c(cc1OC)[C@H](c1cccs1)N(CC(=O)Nc1ccc(N3CCCC3=O)cc1)CC2. The molecule has 2 aromatic carbocycles. The van der Waals surface area contributed by atoms with Gasteiger partial charge in [-0.3, -0.25) is 14.5 Å². The molecule has 8 heteroatoms. The lowest BCUT2D eigenvalue weighted by Gasteiger charge is -2.37. The van der Waals surface area contributed by atoms with Crippen molar-refractivity contribution in [2.75, 3.05) is 44.1 Å². The van der Waals surface area contributed by atoms with Gasteiger partial charge < -0.3 is 19.7 Å². The number of ether oxygens (including phenoxy) is 2. The second-order valence-electron chi connectivity index (χ2n) is 8.79. The number of nitrogens with one attached hydrogen (secondary N) is 1. The van der Waals surface area contributed by atoms with E-state index in [1.165, 1.54) is 10.4 Å². The summed E-state index contributed by atoms with van der Waals surface area (Å²) >= 11 is 1.69. The van der Waals surface area contributed by atoms with E-state index >= 15 is 0 Å². The van der Waals surface area contributed by atoms with Gasteiger partial charge in [-0.2, -0.15) is 0 Å². The highest BCUT2D eigenvalue weighted by atomic mass is 32.1. The molecule has 35 heavy (non-hydrogen) atoms. The van der Waals surface area contributed by atoms with Gasteiger partial charge >= 0.3 is 0 Å². The van der Waals surface area contributed by atoms with E-state index in [1.807, 2.05) is 36.4 Å². The van der Waals surface area contributed by atoms with Gasteiger partial charge in [0, 0.05) is 35.8 Å². The van der Waals surface area contributed by atoms with Crippen LogP contribution in [0.3, 0.4) is 0 Å². The fourth-order valence-electron chi connectivity index (χ4n) is 4.98. The Labute approximate surface area is 209 Å². The molecule has 0 radical (unpaired) electrons. The summed E-state index contributed by atoms with van der Waals surface area (Å²) in [6.45, 7) is 1.78. The van der Waals surface area contributed by atoms with Gasteiger partial charge in [-0.05, 0) is 71.8 Å². The van der Waals surface area contributed by atoms with Crippen LogP contribution >= 0.6 is 11.3 Å². The van der Waals surface area contributed by atoms with Crippen molar-refractivity contribution in [2.45, 2.75) is 25.3 Å². The van der Waals surface area contributed by atoms with Crippen LogP contribution in [0.15, 0.2) is 53.9 Å². The molecule has 7 nitrogen and oxygen atoms in total. The average Bonchev–Trinajstić information content (AvgIpc) is 3.55. The summed E-state index contributed by atoms with van der Waals surface area (Å²) < 4.78 is 11.1. The molecule has 182 valence electrons. The fourth-order valence-corrected chi connectivity index (χ4v) is 5.86. The number of anilines is 2. The Morgan fingerprint density at radius 2 is 1.83 bits per heavy atom. The van der Waals surface area contributed by atoms with Crippen LogP contribution in [0.25, 0.3) is 0 Å². The first-order valence-corrected chi connectivity index (χ1v) is 12.7. The number of nitrogens with zero attached hydrogens (tertiary/aromatic N) is 2. The van der Waals surface area contributed by atoms with Crippen LogP contribution in [-0.2, 0) is 16.0 Å². The molecule has 0 spiro atoms. The maximum Gasteiger partial charge on any atom is 0.238 e. The minimum atomic E-state index is -0.0690. The number of thiophene rings is 1. The van der Waals surface area contributed by atoms with Crippen molar-refractivity contribution in [3.05, 3.63) is 69.9 Å². The molecule has 1 N–H and O–H groups in total. The van der Waals surface area contributed by atoms with Crippen molar-refractivity contribution in [3.63, 3.8) is 0 Å². The van der Waals surface area contributed by atoms with E-state index in [4.69, 9.17) is 9.47 Å². The summed E-state index contributed by atoms with van der Waals surface area (Å²) in [5.74, 6) is 1.50. The van der Waals surface area contributed by atoms with E-state index < -0.39 is 0 Å². The van der Waals surface area contributed by atoms with Crippen molar-refractivity contribution in [3.8, 4) is 11.5 Å². The molecule has 0 aliphatic carbocycles. The third kappa shape index (κ3) is 4.76. The number of carbonyl (C=O) groups excluding carboxylic acids is 2. The Balaban J connectivity index is 1.34. The van der Waals surface area contributed by atoms with E-state index in [0.717, 1.165) is 48.6 Å². The number of methoxy groups -OCH3 is 2. The summed E-state index contributed by atoms with van der Waals surface area (Å²) in [5.41, 5.74) is 3.95. The zero-order valence-electron chi connectivity index (χ0n) is 20.0. The van der Waals surface area contributed by atoms with E-state index in [2.05, 4.69) is 27.7 Å². The van der Waals surface area contributed by atoms with E-state index in [-0.39, 0.29) is 24.4 Å². The highest BCUT2D eigenvalue weighted by Crippen LogP contribution is 2.42. The molecule has 3 aromatic rings. The summed E-state index contributed by atoms with van der Waals surface area (Å²) in [5, 5.41) is 5.09. The van der Waals surface area contributed by atoms with Gasteiger partial charge in [0.15, 0.2) is 11.5 Å². The van der Waals surface area contributed by atoms with Gasteiger partial charge in [-0.15, -0.1) is 11.3 Å². The molecule has 1 aromatic heterocycles. The van der Waals surface area contributed by atoms with Gasteiger partial charge in [-0.1, -0.05) is 6.07 Å². The molecule has 1 fully saturated rings. The first-order chi connectivity index (χ1) is 17.1. The maximum absolute atomic E-state index is 13.1. The largest absolute Gasteiger partial charge is 0.493 e. The highest BCUT2D eigenvalue weighted by Gasteiger charge is 2.32. The van der Waals surface area contributed by atoms with Crippen molar-refractivity contribution >= 4 is 34.5 Å². The molecule has 0 saturated carbocycles. The number of rotatable bonds is 7. The van der Waals surface area contributed by atoms with E-state index in [1.54, 1.807) is 30.5 Å². The molecular formula is C27H29N3O4S. The molecule has 0 unspecified atom stereocenters. The zero-order valence-corrected chi connectivity index (χ0v) is 20.8. The molecular weight excluding hydrogens is 462 g/mol. The van der Waals surface area contributed by atoms with Crippen LogP contribution in [0.4, 0.5) is 11.4 Å². The van der Waals surface area contributed by atoms with Crippen LogP contribution in [0.5, 0.6) is 11.5 Å². The maximum atomic E-state index is 13.1. The lowest BCUT2D eigenvalue weighted by molar-refractivity contribution is -0.118. The summed E-state index contributed by atoms with van der Waals surface area (Å²) in [7, 11) is 3.29. The predicted octanol–water partition coefficient (Wildman–Crippen LogP) is 4.48. The van der Waals surface area contributed by atoms with Crippen LogP contribution in [0.1, 0.15) is 34.9 Å². The van der Waals surface area contributed by atoms with Crippen molar-refractivity contribution in [2.24, 2.45) is 0 Å². The smallest absolute Gasteiger partial charge is 0.238 e. The summed E-state index contributed by atoms with van der Waals surface area (Å²) in [6.07, 6.45) is 2.31. The lowest BCUT2D eigenvalue weighted by atomic mass is 9.91. The second-order valence-corrected chi connectivity index (χ2v) is 9.77. The van der Waals surface area contributed by atoms with Gasteiger partial charge in [-0.25, -0.2) is 0 Å². The standard InChI is InChI=1S/C27H29N3O4S/c1-33-22-15-18-11-13-29(27(24-5-4-14-35-24)21(18)16-23(22)34-2)17-25(31)28-19-7-9-20(10-8-19)30-12-3-6-26(30)32/h4-5,7-10,14-16,27H,3,6,11-13,17H2,1-2H3,(H,28,31)/t27-/m1/s1. The van der Waals surface area contributed by atoms with Gasteiger partial charge in [0.1, 0.15) is 0 Å². The van der Waals surface area contributed by atoms with Gasteiger partial charge in [0.25, 0.3) is 0 Å². The lowest BCUT2D eigenvalue weighted by Crippen LogP contribution is -2.40. The van der Waals surface area contributed by atoms with Crippen LogP contribution < -0.4 is 19.7 Å². The average molecular weight is 492 g/mol. The van der Waals surface area contributed by atoms with E-state index in [0.29, 0.717) is 12.2 Å². The first kappa shape index (κ1) is 23.4. The minimum Gasteiger partial charge on any atom is -0.493 e. The zero-order chi connectivity index (χ0) is 24.4. The van der Waals surface area contributed by atoms with Crippen molar-refractivity contribution in [1.82, 2.24) is 4.90 Å². The molecule has 2 amide bonds. The molecule has 5 rings (SSSR count). The normalized spacial score (nSPS) is 17.8. The quantitative estimate of drug-likeness (QED) is 0.528. The van der Waals surface area contributed by atoms with Gasteiger partial charge in [0.05, 0.1) is 26.8 Å². The Bertz CT molecular complexity index is 1210. The number of hydrogen-bond acceptors (Lipinski definition) is 6. The molecule has 0 bridgehead atoms. The first-order valence-electron chi connectivity index (χ1n) is 11.8. The van der Waals surface area contributed by atoms with Crippen molar-refractivity contribution in [1.29, 1.82) is 0 Å². The number of fused-ring (bicyclic) bond motifs is 1. The van der Waals surface area contributed by atoms with Gasteiger partial charge in [0.2, 0.25) is 11.8 Å².